The molecule has 106 valence electrons. The highest BCUT2D eigenvalue weighted by atomic mass is 32.2. The molecule has 2 aromatic rings. The van der Waals surface area contributed by atoms with Gasteiger partial charge in [-0.05, 0) is 19.4 Å². The van der Waals surface area contributed by atoms with E-state index >= 15 is 0 Å². The number of hydrogen-bond donors (Lipinski definition) is 2. The molecule has 1 aromatic heterocycles. The Labute approximate surface area is 116 Å². The highest BCUT2D eigenvalue weighted by molar-refractivity contribution is 7.91. The van der Waals surface area contributed by atoms with Crippen molar-refractivity contribution in [3.05, 3.63) is 30.0 Å². The predicted octanol–water partition coefficient (Wildman–Crippen LogP) is 0.870. The van der Waals surface area contributed by atoms with E-state index in [2.05, 4.69) is 15.5 Å². The summed E-state index contributed by atoms with van der Waals surface area (Å²) in [7, 11) is -3.05. The van der Waals surface area contributed by atoms with E-state index in [1.807, 2.05) is 24.3 Å². The van der Waals surface area contributed by atoms with E-state index in [0.717, 1.165) is 10.9 Å². The maximum Gasteiger partial charge on any atom is 0.272 e. The van der Waals surface area contributed by atoms with E-state index in [9.17, 15) is 13.2 Å². The number of nitrogens with zero attached hydrogens (tertiary/aromatic N) is 1. The van der Waals surface area contributed by atoms with Gasteiger partial charge in [0.2, 0.25) is 0 Å². The number of nitrogens with one attached hydrogen (secondary N) is 2. The second-order valence-corrected chi connectivity index (χ2v) is 7.66. The Kier molecular flexibility index (Phi) is 2.82. The van der Waals surface area contributed by atoms with Gasteiger partial charge in [-0.25, -0.2) is 8.42 Å². The zero-order valence-corrected chi connectivity index (χ0v) is 11.8. The molecule has 2 N–H and O–H groups in total. The lowest BCUT2D eigenvalue weighted by Gasteiger charge is -2.23. The van der Waals surface area contributed by atoms with Crippen molar-refractivity contribution in [1.29, 1.82) is 0 Å². The van der Waals surface area contributed by atoms with Gasteiger partial charge in [0.15, 0.2) is 15.5 Å². The topological polar surface area (TPSA) is 91.9 Å². The molecule has 1 amide bonds. The molecule has 1 fully saturated rings. The summed E-state index contributed by atoms with van der Waals surface area (Å²) in [5, 5.41) is 10.3. The summed E-state index contributed by atoms with van der Waals surface area (Å²) in [6.45, 7) is 1.75. The van der Waals surface area contributed by atoms with Crippen molar-refractivity contribution in [3.63, 3.8) is 0 Å². The lowest BCUT2D eigenvalue weighted by atomic mass is 10.0. The van der Waals surface area contributed by atoms with E-state index in [-0.39, 0.29) is 17.4 Å². The molecule has 0 aliphatic carbocycles. The second kappa shape index (κ2) is 4.31. The third kappa shape index (κ3) is 2.29. The van der Waals surface area contributed by atoms with Crippen LogP contribution in [0.1, 0.15) is 23.8 Å². The second-order valence-electron chi connectivity index (χ2n) is 5.47. The van der Waals surface area contributed by atoms with Crippen LogP contribution in [0.4, 0.5) is 0 Å². The normalized spacial score (nSPS) is 24.9. The van der Waals surface area contributed by atoms with Crippen molar-refractivity contribution >= 4 is 26.6 Å². The molecule has 0 bridgehead atoms. The van der Waals surface area contributed by atoms with Crippen LogP contribution in [0.3, 0.4) is 0 Å². The van der Waals surface area contributed by atoms with Crippen LogP contribution in [0.2, 0.25) is 0 Å². The van der Waals surface area contributed by atoms with Crippen molar-refractivity contribution in [2.24, 2.45) is 0 Å². The number of fused-ring (bicyclic) bond motifs is 1. The Hall–Kier alpha value is -1.89. The van der Waals surface area contributed by atoms with E-state index < -0.39 is 15.4 Å². The molecular weight excluding hydrogens is 278 g/mol. The van der Waals surface area contributed by atoms with Gasteiger partial charge in [0.1, 0.15) is 0 Å². The number of carbonyl (C=O) groups excluding carboxylic acids is 1. The monoisotopic (exact) mass is 293 g/mol. The minimum atomic E-state index is -3.05. The average Bonchev–Trinajstić information content (AvgIpc) is 2.90. The van der Waals surface area contributed by atoms with Crippen LogP contribution >= 0.6 is 0 Å². The molecule has 2 heterocycles. The summed E-state index contributed by atoms with van der Waals surface area (Å²) in [5.74, 6) is -0.249. The Morgan fingerprint density at radius 1 is 1.40 bits per heavy atom. The molecule has 20 heavy (non-hydrogen) atoms. The standard InChI is InChI=1S/C13H15N3O3S/c1-13(6-7-20(18,19)8-13)14-12(17)11-9-4-2-3-5-10(9)15-16-11/h2-5H,6-8H2,1H3,(H,14,17)(H,15,16)/t13-/m1/s1. The van der Waals surface area contributed by atoms with Gasteiger partial charge in [0.25, 0.3) is 5.91 Å². The molecule has 1 saturated heterocycles. The first kappa shape index (κ1) is 13.1. The van der Waals surface area contributed by atoms with Crippen LogP contribution < -0.4 is 5.32 Å². The number of hydrogen-bond acceptors (Lipinski definition) is 4. The van der Waals surface area contributed by atoms with E-state index in [4.69, 9.17) is 0 Å². The van der Waals surface area contributed by atoms with Gasteiger partial charge in [-0.15, -0.1) is 0 Å². The van der Waals surface area contributed by atoms with Gasteiger partial charge in [-0.3, -0.25) is 9.89 Å². The summed E-state index contributed by atoms with van der Waals surface area (Å²) in [5.41, 5.74) is 0.364. The first-order valence-electron chi connectivity index (χ1n) is 6.35. The molecule has 7 heteroatoms. The maximum absolute atomic E-state index is 12.3. The quantitative estimate of drug-likeness (QED) is 0.859. The maximum atomic E-state index is 12.3. The number of para-hydroxylation sites is 1. The highest BCUT2D eigenvalue weighted by Gasteiger charge is 2.40. The molecule has 6 nitrogen and oxygen atoms in total. The summed E-state index contributed by atoms with van der Waals surface area (Å²) in [6, 6.07) is 7.33. The summed E-state index contributed by atoms with van der Waals surface area (Å²) in [4.78, 5) is 12.3. The van der Waals surface area contributed by atoms with Crippen molar-refractivity contribution < 1.29 is 13.2 Å². The molecule has 0 unspecified atom stereocenters. The number of carbonyl (C=O) groups is 1. The molecular formula is C13H15N3O3S. The molecule has 3 rings (SSSR count). The van der Waals surface area contributed by atoms with Crippen molar-refractivity contribution in [1.82, 2.24) is 15.5 Å². The Morgan fingerprint density at radius 3 is 2.85 bits per heavy atom. The molecule has 1 atom stereocenters. The van der Waals surface area contributed by atoms with Gasteiger partial charge in [-0.2, -0.15) is 5.10 Å². The fourth-order valence-electron chi connectivity index (χ4n) is 2.58. The van der Waals surface area contributed by atoms with Gasteiger partial charge in [0.05, 0.1) is 22.6 Å². The first-order valence-corrected chi connectivity index (χ1v) is 8.17. The molecule has 1 aliphatic heterocycles. The van der Waals surface area contributed by atoms with Crippen LogP contribution in [0.25, 0.3) is 10.9 Å². The lowest BCUT2D eigenvalue weighted by molar-refractivity contribution is 0.0912. The van der Waals surface area contributed by atoms with Gasteiger partial charge < -0.3 is 5.32 Å². The van der Waals surface area contributed by atoms with E-state index in [1.165, 1.54) is 0 Å². The zero-order chi connectivity index (χ0) is 14.4. The molecule has 0 spiro atoms. The SMILES string of the molecule is C[C@@]1(NC(=O)c2n[nH]c3ccccc23)CCS(=O)(=O)C1. The Morgan fingerprint density at radius 2 is 2.15 bits per heavy atom. The summed E-state index contributed by atoms with van der Waals surface area (Å²) >= 11 is 0. The molecule has 0 radical (unpaired) electrons. The van der Waals surface area contributed by atoms with Crippen molar-refractivity contribution in [2.45, 2.75) is 18.9 Å². The smallest absolute Gasteiger partial charge is 0.272 e. The van der Waals surface area contributed by atoms with Crippen LogP contribution in [0.5, 0.6) is 0 Å². The lowest BCUT2D eigenvalue weighted by Crippen LogP contribution is -2.47. The Bertz CT molecular complexity index is 781. The van der Waals surface area contributed by atoms with Crippen LogP contribution in [0.15, 0.2) is 24.3 Å². The number of H-pyrrole nitrogens is 1. The zero-order valence-electron chi connectivity index (χ0n) is 11.0. The Balaban J connectivity index is 1.87. The number of rotatable bonds is 2. The summed E-state index contributed by atoms with van der Waals surface area (Å²) in [6.07, 6.45) is 0.434. The van der Waals surface area contributed by atoms with Crippen LogP contribution in [0, 0.1) is 0 Å². The first-order chi connectivity index (χ1) is 9.39. The van der Waals surface area contributed by atoms with Crippen molar-refractivity contribution in [3.8, 4) is 0 Å². The third-order valence-electron chi connectivity index (χ3n) is 3.60. The van der Waals surface area contributed by atoms with E-state index in [0.29, 0.717) is 12.1 Å². The predicted molar refractivity (Wildman–Crippen MR) is 75.2 cm³/mol. The highest BCUT2D eigenvalue weighted by Crippen LogP contribution is 2.24. The number of aromatic amines is 1. The summed E-state index contributed by atoms with van der Waals surface area (Å²) < 4.78 is 23.1. The van der Waals surface area contributed by atoms with Crippen molar-refractivity contribution in [2.75, 3.05) is 11.5 Å². The number of aromatic nitrogens is 2. The molecule has 0 saturated carbocycles. The van der Waals surface area contributed by atoms with Crippen LogP contribution in [-0.4, -0.2) is 41.6 Å². The minimum absolute atomic E-state index is 0.0197. The van der Waals surface area contributed by atoms with E-state index in [1.54, 1.807) is 6.92 Å². The number of sulfone groups is 1. The average molecular weight is 293 g/mol. The molecule has 1 aliphatic rings. The van der Waals surface area contributed by atoms with Crippen LogP contribution in [-0.2, 0) is 9.84 Å². The largest absolute Gasteiger partial charge is 0.344 e. The minimum Gasteiger partial charge on any atom is -0.344 e. The van der Waals surface area contributed by atoms with Gasteiger partial charge >= 0.3 is 0 Å². The molecule has 1 aromatic carbocycles. The van der Waals surface area contributed by atoms with Gasteiger partial charge in [0, 0.05) is 5.39 Å². The number of benzene rings is 1. The fourth-order valence-corrected chi connectivity index (χ4v) is 4.67. The number of amides is 1. The van der Waals surface area contributed by atoms with Gasteiger partial charge in [-0.1, -0.05) is 18.2 Å². The third-order valence-corrected chi connectivity index (χ3v) is 5.51. The fraction of sp³-hybridized carbons (Fsp3) is 0.385.